The Hall–Kier alpha value is -3.13. The molecule has 1 amide bonds. The molecule has 0 saturated carbocycles. The first kappa shape index (κ1) is 19.2. The first-order chi connectivity index (χ1) is 12.5. The van der Waals surface area contributed by atoms with E-state index in [-0.39, 0.29) is 11.4 Å². The predicted molar refractivity (Wildman–Crippen MR) is 98.7 cm³/mol. The van der Waals surface area contributed by atoms with Crippen molar-refractivity contribution in [3.8, 4) is 0 Å². The quantitative estimate of drug-likeness (QED) is 0.261. The van der Waals surface area contributed by atoms with Gasteiger partial charge in [0.1, 0.15) is 5.69 Å². The van der Waals surface area contributed by atoms with E-state index in [1.54, 1.807) is 11.5 Å². The standard InChI is InChI=1S/C18H16N2O5S/c1-13(18(22)19-15-9-5-6-10-16(15)20(23)24)25-17(21)11-12-26-14-7-3-2-4-8-14/h2-13H,1H3,(H,19,22)/b12-11+/t13-/m0/s1. The van der Waals surface area contributed by atoms with Gasteiger partial charge in [-0.3, -0.25) is 14.9 Å². The summed E-state index contributed by atoms with van der Waals surface area (Å²) in [5.41, 5.74) is -0.195. The number of amides is 1. The lowest BCUT2D eigenvalue weighted by molar-refractivity contribution is -0.383. The number of hydrogen-bond donors (Lipinski definition) is 1. The van der Waals surface area contributed by atoms with Crippen molar-refractivity contribution in [2.24, 2.45) is 0 Å². The van der Waals surface area contributed by atoms with Crippen molar-refractivity contribution in [1.82, 2.24) is 0 Å². The number of ether oxygens (including phenoxy) is 1. The number of nitrogens with zero attached hydrogens (tertiary/aromatic N) is 1. The number of hydrogen-bond acceptors (Lipinski definition) is 6. The van der Waals surface area contributed by atoms with Crippen LogP contribution in [-0.4, -0.2) is 22.9 Å². The minimum Gasteiger partial charge on any atom is -0.449 e. The van der Waals surface area contributed by atoms with E-state index in [1.165, 1.54) is 43.0 Å². The zero-order valence-corrected chi connectivity index (χ0v) is 14.6. The lowest BCUT2D eigenvalue weighted by atomic mass is 10.2. The number of carbonyl (C=O) groups is 2. The molecule has 0 spiro atoms. The summed E-state index contributed by atoms with van der Waals surface area (Å²) in [4.78, 5) is 35.1. The van der Waals surface area contributed by atoms with Gasteiger partial charge in [0.15, 0.2) is 6.10 Å². The van der Waals surface area contributed by atoms with Gasteiger partial charge in [0.05, 0.1) is 4.92 Å². The number of carbonyl (C=O) groups excluding carboxylic acids is 2. The minimum absolute atomic E-state index is 0.0422. The van der Waals surface area contributed by atoms with Crippen molar-refractivity contribution >= 4 is 35.0 Å². The van der Waals surface area contributed by atoms with Gasteiger partial charge in [0, 0.05) is 17.0 Å². The van der Waals surface area contributed by atoms with Crippen LogP contribution in [0, 0.1) is 10.1 Å². The summed E-state index contributed by atoms with van der Waals surface area (Å²) in [6.07, 6.45) is 0.112. The van der Waals surface area contributed by atoms with Gasteiger partial charge in [-0.1, -0.05) is 42.1 Å². The molecule has 0 aliphatic carbocycles. The molecule has 134 valence electrons. The molecule has 0 aliphatic heterocycles. The Kier molecular flexibility index (Phi) is 6.92. The van der Waals surface area contributed by atoms with Gasteiger partial charge in [0.25, 0.3) is 11.6 Å². The van der Waals surface area contributed by atoms with Gasteiger partial charge in [-0.15, -0.1) is 0 Å². The van der Waals surface area contributed by atoms with E-state index in [9.17, 15) is 19.7 Å². The number of esters is 1. The van der Waals surface area contributed by atoms with Crippen molar-refractivity contribution < 1.29 is 19.2 Å². The second-order valence-corrected chi connectivity index (χ2v) is 6.06. The molecule has 26 heavy (non-hydrogen) atoms. The average Bonchev–Trinajstić information content (AvgIpc) is 2.62. The molecule has 0 fully saturated rings. The first-order valence-electron chi connectivity index (χ1n) is 7.60. The second-order valence-electron chi connectivity index (χ2n) is 5.08. The van der Waals surface area contributed by atoms with Crippen molar-refractivity contribution in [3.05, 3.63) is 76.2 Å². The molecular formula is C18H16N2O5S. The van der Waals surface area contributed by atoms with Crippen LogP contribution in [0.2, 0.25) is 0 Å². The van der Waals surface area contributed by atoms with Gasteiger partial charge in [-0.05, 0) is 30.5 Å². The number of rotatable bonds is 7. The third-order valence-corrected chi connectivity index (χ3v) is 3.99. The van der Waals surface area contributed by atoms with Crippen molar-refractivity contribution in [3.63, 3.8) is 0 Å². The highest BCUT2D eigenvalue weighted by Crippen LogP contribution is 2.23. The summed E-state index contributed by atoms with van der Waals surface area (Å²) in [5.74, 6) is -1.34. The maximum absolute atomic E-state index is 12.1. The van der Waals surface area contributed by atoms with Crippen LogP contribution in [0.5, 0.6) is 0 Å². The maximum atomic E-state index is 12.1. The van der Waals surface area contributed by atoms with Gasteiger partial charge in [-0.2, -0.15) is 0 Å². The van der Waals surface area contributed by atoms with E-state index in [0.717, 1.165) is 4.90 Å². The first-order valence-corrected chi connectivity index (χ1v) is 8.48. The van der Waals surface area contributed by atoms with Gasteiger partial charge >= 0.3 is 5.97 Å². The number of nitro benzene ring substituents is 1. The van der Waals surface area contributed by atoms with E-state index < -0.39 is 22.9 Å². The Bertz CT molecular complexity index is 823. The van der Waals surface area contributed by atoms with Crippen LogP contribution >= 0.6 is 11.8 Å². The van der Waals surface area contributed by atoms with E-state index in [1.807, 2.05) is 30.3 Å². The molecule has 0 radical (unpaired) electrons. The van der Waals surface area contributed by atoms with Crippen LogP contribution in [0.15, 0.2) is 71.0 Å². The summed E-state index contributed by atoms with van der Waals surface area (Å²) in [6, 6.07) is 15.2. The third-order valence-electron chi connectivity index (χ3n) is 3.17. The molecule has 0 unspecified atom stereocenters. The normalized spacial score (nSPS) is 11.7. The molecule has 1 N–H and O–H groups in total. The van der Waals surface area contributed by atoms with Crippen LogP contribution in [0.25, 0.3) is 0 Å². The van der Waals surface area contributed by atoms with Crippen molar-refractivity contribution in [1.29, 1.82) is 0 Å². The van der Waals surface area contributed by atoms with E-state index in [4.69, 9.17) is 4.74 Å². The average molecular weight is 372 g/mol. The van der Waals surface area contributed by atoms with Crippen LogP contribution in [0.3, 0.4) is 0 Å². The van der Waals surface area contributed by atoms with Crippen LogP contribution in [0.4, 0.5) is 11.4 Å². The van der Waals surface area contributed by atoms with Gasteiger partial charge in [0.2, 0.25) is 0 Å². The highest BCUT2D eigenvalue weighted by molar-refractivity contribution is 8.02. The van der Waals surface area contributed by atoms with Gasteiger partial charge < -0.3 is 10.1 Å². The third kappa shape index (κ3) is 5.75. The molecule has 0 aromatic heterocycles. The Morgan fingerprint density at radius 3 is 2.50 bits per heavy atom. The molecule has 0 saturated heterocycles. The molecule has 2 rings (SSSR count). The second kappa shape index (κ2) is 9.38. The summed E-state index contributed by atoms with van der Waals surface area (Å²) in [7, 11) is 0. The minimum atomic E-state index is -1.10. The lowest BCUT2D eigenvalue weighted by Gasteiger charge is -2.12. The van der Waals surface area contributed by atoms with E-state index in [0.29, 0.717) is 0 Å². The molecule has 7 nitrogen and oxygen atoms in total. The Morgan fingerprint density at radius 2 is 1.81 bits per heavy atom. The fourth-order valence-electron chi connectivity index (χ4n) is 1.91. The summed E-state index contributed by atoms with van der Waals surface area (Å²) in [6.45, 7) is 1.39. The fourth-order valence-corrected chi connectivity index (χ4v) is 2.56. The number of nitrogens with one attached hydrogen (secondary N) is 1. The Morgan fingerprint density at radius 1 is 1.15 bits per heavy atom. The SMILES string of the molecule is C[C@H](OC(=O)/C=C/Sc1ccccc1)C(=O)Nc1ccccc1[N+](=O)[O-]. The molecule has 8 heteroatoms. The number of anilines is 1. The molecule has 0 bridgehead atoms. The van der Waals surface area contributed by atoms with E-state index >= 15 is 0 Å². The number of benzene rings is 2. The maximum Gasteiger partial charge on any atom is 0.332 e. The Balaban J connectivity index is 1.88. The highest BCUT2D eigenvalue weighted by Gasteiger charge is 2.20. The van der Waals surface area contributed by atoms with Crippen molar-refractivity contribution in [2.75, 3.05) is 5.32 Å². The van der Waals surface area contributed by atoms with Gasteiger partial charge in [-0.25, -0.2) is 4.79 Å². The monoisotopic (exact) mass is 372 g/mol. The molecule has 1 atom stereocenters. The molecule has 2 aromatic carbocycles. The smallest absolute Gasteiger partial charge is 0.332 e. The van der Waals surface area contributed by atoms with Crippen LogP contribution in [0.1, 0.15) is 6.92 Å². The largest absolute Gasteiger partial charge is 0.449 e. The van der Waals surface area contributed by atoms with Crippen LogP contribution in [-0.2, 0) is 14.3 Å². The summed E-state index contributed by atoms with van der Waals surface area (Å²) in [5, 5.41) is 14.9. The van der Waals surface area contributed by atoms with Crippen molar-refractivity contribution in [2.45, 2.75) is 17.9 Å². The summed E-state index contributed by atoms with van der Waals surface area (Å²) < 4.78 is 5.00. The van der Waals surface area contributed by atoms with Crippen LogP contribution < -0.4 is 5.32 Å². The topological polar surface area (TPSA) is 98.5 Å². The number of nitro groups is 1. The van der Waals surface area contributed by atoms with E-state index in [2.05, 4.69) is 5.32 Å². The number of thioether (sulfide) groups is 1. The highest BCUT2D eigenvalue weighted by atomic mass is 32.2. The zero-order chi connectivity index (χ0) is 18.9. The molecular weight excluding hydrogens is 356 g/mol. The number of para-hydroxylation sites is 2. The molecule has 2 aromatic rings. The predicted octanol–water partition coefficient (Wildman–Crippen LogP) is 3.77. The summed E-state index contributed by atoms with van der Waals surface area (Å²) >= 11 is 1.34. The Labute approximate surface area is 154 Å². The molecule has 0 aliphatic rings. The lowest BCUT2D eigenvalue weighted by Crippen LogP contribution is -2.29. The fraction of sp³-hybridized carbons (Fsp3) is 0.111. The molecule has 0 heterocycles. The zero-order valence-electron chi connectivity index (χ0n) is 13.8.